The molecule has 1 saturated carbocycles. The van der Waals surface area contributed by atoms with Crippen molar-refractivity contribution in [1.29, 1.82) is 0 Å². The Bertz CT molecular complexity index is 748. The fourth-order valence-corrected chi connectivity index (χ4v) is 2.10. The third-order valence-electron chi connectivity index (χ3n) is 3.42. The quantitative estimate of drug-likeness (QED) is 0.606. The van der Waals surface area contributed by atoms with Crippen molar-refractivity contribution >= 4 is 5.97 Å². The van der Waals surface area contributed by atoms with E-state index in [-0.39, 0.29) is 13.2 Å². The van der Waals surface area contributed by atoms with Gasteiger partial charge in [0.15, 0.2) is 5.69 Å². The molecule has 1 aromatic heterocycles. The molecule has 0 radical (unpaired) electrons. The van der Waals surface area contributed by atoms with Crippen molar-refractivity contribution in [3.63, 3.8) is 0 Å². The van der Waals surface area contributed by atoms with Crippen molar-refractivity contribution in [1.82, 2.24) is 9.97 Å². The molecule has 0 saturated heterocycles. The largest absolute Gasteiger partial charge is 0.481 e. The summed E-state index contributed by atoms with van der Waals surface area (Å²) in [5, 5.41) is 0. The van der Waals surface area contributed by atoms with Gasteiger partial charge in [-0.05, 0) is 36.6 Å². The van der Waals surface area contributed by atoms with Gasteiger partial charge in [-0.1, -0.05) is 18.1 Å². The van der Waals surface area contributed by atoms with Gasteiger partial charge in [-0.25, -0.2) is 14.8 Å². The lowest BCUT2D eigenvalue weighted by molar-refractivity contribution is 0.0465. The number of terminal acetylenes is 1. The van der Waals surface area contributed by atoms with Gasteiger partial charge >= 0.3 is 5.97 Å². The minimum Gasteiger partial charge on any atom is -0.481 e. The predicted octanol–water partition coefficient (Wildman–Crippen LogP) is 2.72. The molecule has 0 amide bonds. The zero-order chi connectivity index (χ0) is 16.1. The summed E-state index contributed by atoms with van der Waals surface area (Å²) in [4.78, 5) is 20.6. The summed E-state index contributed by atoms with van der Waals surface area (Å²) in [7, 11) is 0. The Balaban J connectivity index is 1.60. The van der Waals surface area contributed by atoms with Crippen LogP contribution < -0.4 is 4.74 Å². The van der Waals surface area contributed by atoms with Crippen LogP contribution in [0.2, 0.25) is 0 Å². The first kappa shape index (κ1) is 15.0. The Morgan fingerprint density at radius 3 is 3.00 bits per heavy atom. The lowest BCUT2D eigenvalue weighted by Crippen LogP contribution is -2.09. The van der Waals surface area contributed by atoms with Crippen LogP contribution in [0.4, 0.5) is 0 Å². The molecule has 0 N–H and O–H groups in total. The van der Waals surface area contributed by atoms with Crippen molar-refractivity contribution in [2.45, 2.75) is 25.4 Å². The summed E-state index contributed by atoms with van der Waals surface area (Å²) < 4.78 is 10.6. The number of hydrogen-bond donors (Lipinski definition) is 0. The molecule has 1 fully saturated rings. The van der Waals surface area contributed by atoms with E-state index < -0.39 is 5.97 Å². The maximum absolute atomic E-state index is 12.1. The first-order valence-electron chi connectivity index (χ1n) is 7.41. The third-order valence-corrected chi connectivity index (χ3v) is 3.42. The van der Waals surface area contributed by atoms with Crippen molar-refractivity contribution in [3.8, 4) is 18.1 Å². The molecular weight excluding hydrogens is 292 g/mol. The number of carbonyl (C=O) groups is 1. The summed E-state index contributed by atoms with van der Waals surface area (Å²) in [5.41, 5.74) is 1.12. The second-order valence-electron chi connectivity index (χ2n) is 5.29. The fourth-order valence-electron chi connectivity index (χ4n) is 2.10. The van der Waals surface area contributed by atoms with E-state index in [1.54, 1.807) is 24.4 Å². The minimum absolute atomic E-state index is 0.148. The van der Waals surface area contributed by atoms with Crippen LogP contribution in [0.15, 0.2) is 36.5 Å². The van der Waals surface area contributed by atoms with Crippen LogP contribution in [0.25, 0.3) is 0 Å². The number of ether oxygens (including phenoxy) is 2. The van der Waals surface area contributed by atoms with E-state index in [0.29, 0.717) is 17.4 Å². The molecule has 2 aromatic rings. The molecule has 0 unspecified atom stereocenters. The van der Waals surface area contributed by atoms with Crippen LogP contribution in [-0.4, -0.2) is 22.5 Å². The molecule has 116 valence electrons. The zero-order valence-corrected chi connectivity index (χ0v) is 12.6. The normalized spacial score (nSPS) is 13.2. The lowest BCUT2D eigenvalue weighted by Gasteiger charge is -2.07. The number of benzene rings is 1. The number of carbonyl (C=O) groups excluding carboxylic acids is 1. The standard InChI is InChI=1S/C18H16N2O3/c1-2-10-22-15-5-3-4-13(11-15)12-23-18(21)16-8-9-19-17(20-16)14-6-7-14/h1,3-5,8-9,11,14H,6-7,10,12H2. The third kappa shape index (κ3) is 4.07. The average molecular weight is 308 g/mol. The van der Waals surface area contributed by atoms with E-state index in [9.17, 15) is 4.79 Å². The van der Waals surface area contributed by atoms with Crippen LogP contribution in [0.1, 0.15) is 40.6 Å². The number of rotatable bonds is 6. The highest BCUT2D eigenvalue weighted by atomic mass is 16.5. The molecule has 0 atom stereocenters. The lowest BCUT2D eigenvalue weighted by atomic mass is 10.2. The SMILES string of the molecule is C#CCOc1cccc(COC(=O)c2ccnc(C3CC3)n2)c1. The van der Waals surface area contributed by atoms with Crippen molar-refractivity contribution in [2.75, 3.05) is 6.61 Å². The molecule has 5 nitrogen and oxygen atoms in total. The Kier molecular flexibility index (Phi) is 4.53. The number of aromatic nitrogens is 2. The van der Waals surface area contributed by atoms with E-state index in [0.717, 1.165) is 24.2 Å². The highest BCUT2D eigenvalue weighted by molar-refractivity contribution is 5.87. The molecule has 0 aliphatic heterocycles. The monoisotopic (exact) mass is 308 g/mol. The number of nitrogens with zero attached hydrogens (tertiary/aromatic N) is 2. The van der Waals surface area contributed by atoms with Crippen LogP contribution >= 0.6 is 0 Å². The summed E-state index contributed by atoms with van der Waals surface area (Å²) in [6.07, 6.45) is 8.93. The smallest absolute Gasteiger partial charge is 0.357 e. The highest BCUT2D eigenvalue weighted by Gasteiger charge is 2.27. The second-order valence-corrected chi connectivity index (χ2v) is 5.29. The van der Waals surface area contributed by atoms with Crippen LogP contribution in [0.5, 0.6) is 5.75 Å². The zero-order valence-electron chi connectivity index (χ0n) is 12.6. The van der Waals surface area contributed by atoms with E-state index in [1.165, 1.54) is 0 Å². The summed E-state index contributed by atoms with van der Waals surface area (Å²) in [5.74, 6) is 3.72. The van der Waals surface area contributed by atoms with Crippen molar-refractivity contribution in [2.24, 2.45) is 0 Å². The van der Waals surface area contributed by atoms with Gasteiger partial charge in [0, 0.05) is 12.1 Å². The van der Waals surface area contributed by atoms with Gasteiger partial charge in [0.25, 0.3) is 0 Å². The van der Waals surface area contributed by atoms with Gasteiger partial charge in [0.1, 0.15) is 24.8 Å². The molecule has 1 aromatic carbocycles. The van der Waals surface area contributed by atoms with Gasteiger partial charge in [0.2, 0.25) is 0 Å². The van der Waals surface area contributed by atoms with Gasteiger partial charge in [-0.2, -0.15) is 0 Å². The van der Waals surface area contributed by atoms with E-state index in [4.69, 9.17) is 15.9 Å². The first-order chi connectivity index (χ1) is 11.3. The van der Waals surface area contributed by atoms with Gasteiger partial charge in [-0.15, -0.1) is 6.42 Å². The van der Waals surface area contributed by atoms with E-state index in [2.05, 4.69) is 15.9 Å². The Morgan fingerprint density at radius 2 is 2.22 bits per heavy atom. The molecule has 0 bridgehead atoms. The topological polar surface area (TPSA) is 61.3 Å². The first-order valence-corrected chi connectivity index (χ1v) is 7.41. The Labute approximate surface area is 134 Å². The fraction of sp³-hybridized carbons (Fsp3) is 0.278. The maximum Gasteiger partial charge on any atom is 0.357 e. The number of esters is 1. The minimum atomic E-state index is -0.454. The summed E-state index contributed by atoms with van der Waals surface area (Å²) >= 11 is 0. The molecular formula is C18H16N2O3. The van der Waals surface area contributed by atoms with Gasteiger partial charge < -0.3 is 9.47 Å². The van der Waals surface area contributed by atoms with E-state index in [1.807, 2.05) is 12.1 Å². The van der Waals surface area contributed by atoms with Crippen LogP contribution in [0.3, 0.4) is 0 Å². The number of hydrogen-bond acceptors (Lipinski definition) is 5. The molecule has 3 rings (SSSR count). The molecule has 1 heterocycles. The molecule has 1 aliphatic rings. The highest BCUT2D eigenvalue weighted by Crippen LogP contribution is 2.37. The summed E-state index contributed by atoms with van der Waals surface area (Å²) in [6.45, 7) is 0.350. The Morgan fingerprint density at radius 1 is 1.35 bits per heavy atom. The Hall–Kier alpha value is -2.87. The van der Waals surface area contributed by atoms with Crippen molar-refractivity contribution < 1.29 is 14.3 Å². The maximum atomic E-state index is 12.1. The van der Waals surface area contributed by atoms with Gasteiger partial charge in [0.05, 0.1) is 0 Å². The average Bonchev–Trinajstić information content (AvgIpc) is 3.43. The molecule has 5 heteroatoms. The van der Waals surface area contributed by atoms with Gasteiger partial charge in [-0.3, -0.25) is 0 Å². The molecule has 1 aliphatic carbocycles. The van der Waals surface area contributed by atoms with Crippen molar-refractivity contribution in [3.05, 3.63) is 53.6 Å². The van der Waals surface area contributed by atoms with Crippen LogP contribution in [-0.2, 0) is 11.3 Å². The molecule has 23 heavy (non-hydrogen) atoms. The summed E-state index contributed by atoms with van der Waals surface area (Å²) in [6, 6.07) is 8.84. The second kappa shape index (κ2) is 6.93. The molecule has 0 spiro atoms. The predicted molar refractivity (Wildman–Crippen MR) is 83.9 cm³/mol. The van der Waals surface area contributed by atoms with E-state index >= 15 is 0 Å². The van der Waals surface area contributed by atoms with Crippen LogP contribution in [0, 0.1) is 12.3 Å².